The van der Waals surface area contributed by atoms with Crippen LogP contribution in [-0.4, -0.2) is 72.4 Å². The van der Waals surface area contributed by atoms with Crippen molar-refractivity contribution in [3.63, 3.8) is 0 Å². The maximum absolute atomic E-state index is 13.5. The number of nitrogens with zero attached hydrogens (tertiary/aromatic N) is 8. The van der Waals surface area contributed by atoms with E-state index in [1.165, 1.54) is 6.07 Å². The van der Waals surface area contributed by atoms with Crippen molar-refractivity contribution < 1.29 is 35.8 Å². The Labute approximate surface area is 202 Å². The lowest BCUT2D eigenvalue weighted by molar-refractivity contribution is -0.276. The number of hydrogen-bond acceptors (Lipinski definition) is 10. The van der Waals surface area contributed by atoms with Crippen molar-refractivity contribution in [2.75, 3.05) is 36.5 Å². The summed E-state index contributed by atoms with van der Waals surface area (Å²) in [5.74, 6) is -0.0882. The molecule has 0 amide bonds. The van der Waals surface area contributed by atoms with Crippen LogP contribution in [0.5, 0.6) is 5.88 Å². The fourth-order valence-corrected chi connectivity index (χ4v) is 3.45. The highest BCUT2D eigenvalue weighted by molar-refractivity contribution is 5.64. The lowest BCUT2D eigenvalue weighted by atomic mass is 10.3. The van der Waals surface area contributed by atoms with E-state index in [4.69, 9.17) is 4.74 Å². The number of ether oxygens (including phenoxy) is 2. The number of H-pyrrole nitrogens is 1. The molecule has 0 radical (unpaired) electrons. The average Bonchev–Trinajstić information content (AvgIpc) is 3.50. The SMILES string of the molecule is FC(F)(F)Oc1ccc(-c2nnc(CNc3nc(N4CCOCC4)nn4c(C(F)(F)F)cnc34)[nH]2)cn1. The van der Waals surface area contributed by atoms with Crippen LogP contribution >= 0.6 is 0 Å². The number of aromatic nitrogens is 8. The van der Waals surface area contributed by atoms with E-state index >= 15 is 0 Å². The zero-order valence-electron chi connectivity index (χ0n) is 18.5. The van der Waals surface area contributed by atoms with Crippen LogP contribution in [0.25, 0.3) is 17.0 Å². The van der Waals surface area contributed by atoms with Gasteiger partial charge < -0.3 is 24.7 Å². The van der Waals surface area contributed by atoms with E-state index in [1.807, 2.05) is 0 Å². The van der Waals surface area contributed by atoms with Crippen LogP contribution < -0.4 is 15.0 Å². The molecule has 0 atom stereocenters. The molecule has 0 aliphatic carbocycles. The molecule has 0 bridgehead atoms. The normalized spacial score (nSPS) is 14.8. The molecular weight excluding hydrogens is 514 g/mol. The first-order valence-corrected chi connectivity index (χ1v) is 10.6. The number of rotatable bonds is 6. The third-order valence-corrected chi connectivity index (χ3v) is 5.12. The smallest absolute Gasteiger partial charge is 0.388 e. The lowest BCUT2D eigenvalue weighted by Gasteiger charge is -2.27. The highest BCUT2D eigenvalue weighted by atomic mass is 19.4. The molecule has 12 nitrogen and oxygen atoms in total. The Kier molecular flexibility index (Phi) is 6.18. The summed E-state index contributed by atoms with van der Waals surface area (Å²) in [4.78, 5) is 16.3. The first-order valence-electron chi connectivity index (χ1n) is 10.6. The quantitative estimate of drug-likeness (QED) is 0.359. The topological polar surface area (TPSA) is 131 Å². The number of hydrogen-bond donors (Lipinski definition) is 2. The van der Waals surface area contributed by atoms with E-state index in [9.17, 15) is 26.3 Å². The van der Waals surface area contributed by atoms with Crippen LogP contribution in [0.3, 0.4) is 0 Å². The number of morpholine rings is 1. The molecule has 0 aromatic carbocycles. The summed E-state index contributed by atoms with van der Waals surface area (Å²) < 4.78 is 87.1. The van der Waals surface area contributed by atoms with Gasteiger partial charge in [-0.1, -0.05) is 0 Å². The maximum Gasteiger partial charge on any atom is 0.574 e. The molecule has 4 aromatic rings. The maximum atomic E-state index is 13.5. The van der Waals surface area contributed by atoms with Crippen molar-refractivity contribution >= 4 is 17.4 Å². The third kappa shape index (κ3) is 5.47. The Bertz CT molecular complexity index is 1380. The number of fused-ring (bicyclic) bond motifs is 1. The fourth-order valence-electron chi connectivity index (χ4n) is 3.45. The summed E-state index contributed by atoms with van der Waals surface area (Å²) in [6.45, 7) is 1.50. The largest absolute Gasteiger partial charge is 0.574 e. The molecule has 4 aromatic heterocycles. The molecule has 37 heavy (non-hydrogen) atoms. The lowest BCUT2D eigenvalue weighted by Crippen LogP contribution is -2.38. The molecule has 196 valence electrons. The Morgan fingerprint density at radius 3 is 2.49 bits per heavy atom. The molecule has 1 saturated heterocycles. The molecule has 0 saturated carbocycles. The minimum absolute atomic E-state index is 0.0280. The Morgan fingerprint density at radius 2 is 1.81 bits per heavy atom. The number of halogens is 6. The van der Waals surface area contributed by atoms with Gasteiger partial charge in [0, 0.05) is 30.9 Å². The molecule has 18 heteroatoms. The number of alkyl halides is 6. The summed E-state index contributed by atoms with van der Waals surface area (Å²) in [5, 5.41) is 14.8. The van der Waals surface area contributed by atoms with Crippen LogP contribution in [0.2, 0.25) is 0 Å². The molecule has 5 rings (SSSR count). The van der Waals surface area contributed by atoms with Crippen molar-refractivity contribution in [2.24, 2.45) is 0 Å². The molecule has 1 aliphatic heterocycles. The van der Waals surface area contributed by atoms with Gasteiger partial charge in [0.05, 0.1) is 26.0 Å². The van der Waals surface area contributed by atoms with Crippen molar-refractivity contribution in [3.05, 3.63) is 36.0 Å². The summed E-state index contributed by atoms with van der Waals surface area (Å²) >= 11 is 0. The molecule has 1 aliphatic rings. The first kappa shape index (κ1) is 24.5. The number of aromatic amines is 1. The van der Waals surface area contributed by atoms with Gasteiger partial charge >= 0.3 is 12.5 Å². The van der Waals surface area contributed by atoms with Crippen molar-refractivity contribution in [2.45, 2.75) is 19.1 Å². The van der Waals surface area contributed by atoms with Gasteiger partial charge in [0.15, 0.2) is 23.0 Å². The van der Waals surface area contributed by atoms with Gasteiger partial charge in [-0.3, -0.25) is 0 Å². The van der Waals surface area contributed by atoms with Gasteiger partial charge in [-0.05, 0) is 6.07 Å². The standard InChI is InChI=1S/C19H16F6N10O2/c20-18(21,22)11-8-28-16-15(30-17(33-35(11)16)34-3-5-36-6-4-34)27-9-12-29-14(32-31-12)10-1-2-13(26-7-10)37-19(23,24)25/h1-2,7-8H,3-6,9H2,(H,27,30,33)(H,29,31,32). The second-order valence-electron chi connectivity index (χ2n) is 7.64. The van der Waals surface area contributed by atoms with Gasteiger partial charge in [0.1, 0.15) is 5.82 Å². The first-order chi connectivity index (χ1) is 17.6. The molecule has 0 spiro atoms. The van der Waals surface area contributed by atoms with Crippen LogP contribution in [0, 0.1) is 0 Å². The average molecular weight is 530 g/mol. The second kappa shape index (κ2) is 9.34. The Balaban J connectivity index is 1.37. The second-order valence-corrected chi connectivity index (χ2v) is 7.64. The Morgan fingerprint density at radius 1 is 1.03 bits per heavy atom. The highest BCUT2D eigenvalue weighted by Gasteiger charge is 2.36. The number of imidazole rings is 1. The molecular formula is C19H16F6N10O2. The van der Waals surface area contributed by atoms with Gasteiger partial charge in [-0.2, -0.15) is 18.2 Å². The van der Waals surface area contributed by atoms with Crippen LogP contribution in [0.4, 0.5) is 38.1 Å². The summed E-state index contributed by atoms with van der Waals surface area (Å²) in [6.07, 6.45) is -7.78. The van der Waals surface area contributed by atoms with E-state index in [2.05, 4.69) is 45.3 Å². The van der Waals surface area contributed by atoms with Crippen molar-refractivity contribution in [1.29, 1.82) is 0 Å². The summed E-state index contributed by atoms with van der Waals surface area (Å²) in [7, 11) is 0. The fraction of sp³-hybridized carbons (Fsp3) is 0.368. The van der Waals surface area contributed by atoms with Gasteiger partial charge in [-0.15, -0.1) is 28.5 Å². The summed E-state index contributed by atoms with van der Waals surface area (Å²) in [5.41, 5.74) is -0.876. The van der Waals surface area contributed by atoms with Gasteiger partial charge in [0.25, 0.3) is 0 Å². The van der Waals surface area contributed by atoms with Crippen LogP contribution in [-0.2, 0) is 17.5 Å². The van der Waals surface area contributed by atoms with Crippen LogP contribution in [0.1, 0.15) is 11.5 Å². The molecule has 5 heterocycles. The highest BCUT2D eigenvalue weighted by Crippen LogP contribution is 2.31. The predicted molar refractivity (Wildman–Crippen MR) is 112 cm³/mol. The van der Waals surface area contributed by atoms with Crippen molar-refractivity contribution in [1.82, 2.24) is 39.7 Å². The van der Waals surface area contributed by atoms with E-state index in [1.54, 1.807) is 4.90 Å². The molecule has 2 N–H and O–H groups in total. The van der Waals surface area contributed by atoms with Gasteiger partial charge in [-0.25, -0.2) is 14.5 Å². The number of anilines is 2. The van der Waals surface area contributed by atoms with Crippen molar-refractivity contribution in [3.8, 4) is 17.3 Å². The van der Waals surface area contributed by atoms with E-state index in [-0.39, 0.29) is 35.6 Å². The predicted octanol–water partition coefficient (Wildman–Crippen LogP) is 2.67. The zero-order valence-corrected chi connectivity index (χ0v) is 18.5. The van der Waals surface area contributed by atoms with E-state index in [0.717, 1.165) is 12.3 Å². The number of pyridine rings is 1. The third-order valence-electron chi connectivity index (χ3n) is 5.12. The van der Waals surface area contributed by atoms with E-state index in [0.29, 0.717) is 42.6 Å². The Hall–Kier alpha value is -4.22. The van der Waals surface area contributed by atoms with Crippen LogP contribution in [0.15, 0.2) is 24.5 Å². The van der Waals surface area contributed by atoms with Gasteiger partial charge in [0.2, 0.25) is 11.8 Å². The summed E-state index contributed by atoms with van der Waals surface area (Å²) in [6, 6.07) is 2.32. The number of nitrogens with one attached hydrogen (secondary N) is 2. The minimum atomic E-state index is -4.87. The molecule has 0 unspecified atom stereocenters. The molecule has 1 fully saturated rings. The minimum Gasteiger partial charge on any atom is -0.388 e. The monoisotopic (exact) mass is 530 g/mol. The zero-order chi connectivity index (χ0) is 26.2. The van der Waals surface area contributed by atoms with E-state index < -0.39 is 24.1 Å².